The van der Waals surface area contributed by atoms with Crippen LogP contribution in [-0.2, 0) is 0 Å². The van der Waals surface area contributed by atoms with E-state index in [1.165, 1.54) is 0 Å². The lowest BCUT2D eigenvalue weighted by Crippen LogP contribution is -2.44. The zero-order valence-corrected chi connectivity index (χ0v) is 14.0. The summed E-state index contributed by atoms with van der Waals surface area (Å²) in [5.74, 6) is 1.29. The van der Waals surface area contributed by atoms with Gasteiger partial charge in [-0.05, 0) is 38.8 Å². The number of amides is 1. The van der Waals surface area contributed by atoms with Crippen LogP contribution in [0.15, 0.2) is 18.2 Å². The summed E-state index contributed by atoms with van der Waals surface area (Å²) in [6.45, 7) is 8.36. The molecule has 0 bridgehead atoms. The molecule has 0 aliphatic heterocycles. The van der Waals surface area contributed by atoms with Crippen LogP contribution < -0.4 is 9.47 Å². The number of benzene rings is 1. The summed E-state index contributed by atoms with van der Waals surface area (Å²) < 4.78 is 10.5. The summed E-state index contributed by atoms with van der Waals surface area (Å²) in [4.78, 5) is 14.8. The van der Waals surface area contributed by atoms with Crippen molar-refractivity contribution in [1.29, 1.82) is 0 Å². The van der Waals surface area contributed by atoms with Gasteiger partial charge in [-0.3, -0.25) is 4.79 Å². The maximum absolute atomic E-state index is 12.9. The third-order valence-corrected chi connectivity index (χ3v) is 3.96. The van der Waals surface area contributed by atoms with Gasteiger partial charge in [0, 0.05) is 23.7 Å². The summed E-state index contributed by atoms with van der Waals surface area (Å²) in [7, 11) is 3.17. The minimum atomic E-state index is 0.0240. The SMILES string of the molecule is CCC(C)N(C(=O)c1cc(OC)cc(OC)c1)C(C)CC. The highest BCUT2D eigenvalue weighted by molar-refractivity contribution is 5.95. The lowest BCUT2D eigenvalue weighted by atomic mass is 10.1. The fraction of sp³-hybridized carbons (Fsp3) is 0.588. The first-order chi connectivity index (χ1) is 9.98. The van der Waals surface area contributed by atoms with Gasteiger partial charge in [0.1, 0.15) is 11.5 Å². The van der Waals surface area contributed by atoms with Crippen molar-refractivity contribution < 1.29 is 14.3 Å². The monoisotopic (exact) mass is 293 g/mol. The molecule has 1 rings (SSSR count). The lowest BCUT2D eigenvalue weighted by Gasteiger charge is -2.34. The summed E-state index contributed by atoms with van der Waals surface area (Å²) in [5, 5.41) is 0. The van der Waals surface area contributed by atoms with Crippen molar-refractivity contribution in [3.63, 3.8) is 0 Å². The van der Waals surface area contributed by atoms with Crippen LogP contribution in [0, 0.1) is 0 Å². The van der Waals surface area contributed by atoms with Crippen LogP contribution in [0.2, 0.25) is 0 Å². The van der Waals surface area contributed by atoms with Gasteiger partial charge in [0.2, 0.25) is 0 Å². The maximum Gasteiger partial charge on any atom is 0.254 e. The normalized spacial score (nSPS) is 13.4. The number of carbonyl (C=O) groups excluding carboxylic acids is 1. The van der Waals surface area contributed by atoms with E-state index in [9.17, 15) is 4.79 Å². The molecule has 1 aromatic rings. The Morgan fingerprint density at radius 1 is 1.00 bits per heavy atom. The van der Waals surface area contributed by atoms with Crippen molar-refractivity contribution in [3.05, 3.63) is 23.8 Å². The van der Waals surface area contributed by atoms with Crippen molar-refractivity contribution in [2.24, 2.45) is 0 Å². The van der Waals surface area contributed by atoms with Crippen molar-refractivity contribution in [2.45, 2.75) is 52.6 Å². The Labute approximate surface area is 128 Å². The van der Waals surface area contributed by atoms with Crippen LogP contribution >= 0.6 is 0 Å². The Morgan fingerprint density at radius 2 is 1.43 bits per heavy atom. The van der Waals surface area contributed by atoms with Crippen LogP contribution in [0.1, 0.15) is 50.9 Å². The van der Waals surface area contributed by atoms with E-state index in [1.807, 2.05) is 4.90 Å². The van der Waals surface area contributed by atoms with Crippen LogP contribution in [-0.4, -0.2) is 37.1 Å². The number of hydrogen-bond donors (Lipinski definition) is 0. The zero-order valence-electron chi connectivity index (χ0n) is 14.0. The van der Waals surface area contributed by atoms with Gasteiger partial charge < -0.3 is 14.4 Å². The highest BCUT2D eigenvalue weighted by Gasteiger charge is 2.25. The molecule has 0 saturated heterocycles. The molecule has 0 aliphatic carbocycles. The van der Waals surface area contributed by atoms with E-state index < -0.39 is 0 Å². The van der Waals surface area contributed by atoms with E-state index in [1.54, 1.807) is 32.4 Å². The van der Waals surface area contributed by atoms with Gasteiger partial charge in [-0.2, -0.15) is 0 Å². The molecule has 1 amide bonds. The second-order valence-electron chi connectivity index (χ2n) is 5.33. The third kappa shape index (κ3) is 4.13. The average Bonchev–Trinajstić information content (AvgIpc) is 2.53. The van der Waals surface area contributed by atoms with Gasteiger partial charge in [-0.25, -0.2) is 0 Å². The molecule has 0 heterocycles. The van der Waals surface area contributed by atoms with Crippen LogP contribution in [0.4, 0.5) is 0 Å². The van der Waals surface area contributed by atoms with E-state index in [2.05, 4.69) is 27.7 Å². The van der Waals surface area contributed by atoms with Gasteiger partial charge in [0.15, 0.2) is 0 Å². The minimum Gasteiger partial charge on any atom is -0.497 e. The summed E-state index contributed by atoms with van der Waals surface area (Å²) in [6.07, 6.45) is 1.86. The molecule has 0 N–H and O–H groups in total. The van der Waals surface area contributed by atoms with E-state index in [0.717, 1.165) is 12.8 Å². The predicted molar refractivity (Wildman–Crippen MR) is 85.2 cm³/mol. The Hall–Kier alpha value is -1.71. The Kier molecular flexibility index (Phi) is 6.53. The second kappa shape index (κ2) is 7.91. The van der Waals surface area contributed by atoms with Crippen LogP contribution in [0.3, 0.4) is 0 Å². The van der Waals surface area contributed by atoms with Crippen molar-refractivity contribution >= 4 is 5.91 Å². The van der Waals surface area contributed by atoms with Crippen molar-refractivity contribution in [1.82, 2.24) is 4.90 Å². The molecule has 0 aliphatic rings. The molecule has 4 heteroatoms. The Bertz CT molecular complexity index is 441. The van der Waals surface area contributed by atoms with Crippen LogP contribution in [0.5, 0.6) is 11.5 Å². The van der Waals surface area contributed by atoms with Gasteiger partial charge >= 0.3 is 0 Å². The molecule has 2 unspecified atom stereocenters. The number of carbonyl (C=O) groups is 1. The first kappa shape index (κ1) is 17.3. The van der Waals surface area contributed by atoms with Gasteiger partial charge in [-0.1, -0.05) is 13.8 Å². The third-order valence-electron chi connectivity index (χ3n) is 3.96. The molecule has 1 aromatic carbocycles. The molecule has 0 aromatic heterocycles. The number of ether oxygens (including phenoxy) is 2. The van der Waals surface area contributed by atoms with E-state index in [-0.39, 0.29) is 18.0 Å². The summed E-state index contributed by atoms with van der Waals surface area (Å²) in [5.41, 5.74) is 0.604. The average molecular weight is 293 g/mol. The number of rotatable bonds is 7. The maximum atomic E-state index is 12.9. The molecular weight excluding hydrogens is 266 g/mol. The number of nitrogens with zero attached hydrogens (tertiary/aromatic N) is 1. The molecule has 0 fully saturated rings. The highest BCUT2D eigenvalue weighted by atomic mass is 16.5. The summed E-state index contributed by atoms with van der Waals surface area (Å²) in [6, 6.07) is 5.70. The molecule has 0 radical (unpaired) electrons. The smallest absolute Gasteiger partial charge is 0.254 e. The standard InChI is InChI=1S/C17H27NO3/c1-7-12(3)18(13(4)8-2)17(19)14-9-15(20-5)11-16(10-14)21-6/h9-13H,7-8H2,1-6H3. The van der Waals surface area contributed by atoms with Gasteiger partial charge in [-0.15, -0.1) is 0 Å². The molecule has 21 heavy (non-hydrogen) atoms. The molecule has 118 valence electrons. The second-order valence-corrected chi connectivity index (χ2v) is 5.33. The minimum absolute atomic E-state index is 0.0240. The number of methoxy groups -OCH3 is 2. The Balaban J connectivity index is 3.19. The van der Waals surface area contributed by atoms with Crippen molar-refractivity contribution in [2.75, 3.05) is 14.2 Å². The fourth-order valence-corrected chi connectivity index (χ4v) is 2.31. The number of hydrogen-bond acceptors (Lipinski definition) is 3. The molecule has 0 spiro atoms. The van der Waals surface area contributed by atoms with Gasteiger partial charge in [0.05, 0.1) is 14.2 Å². The molecule has 4 nitrogen and oxygen atoms in total. The van der Waals surface area contributed by atoms with E-state index >= 15 is 0 Å². The zero-order chi connectivity index (χ0) is 16.0. The quantitative estimate of drug-likeness (QED) is 0.768. The fourth-order valence-electron chi connectivity index (χ4n) is 2.31. The van der Waals surface area contributed by atoms with Crippen LogP contribution in [0.25, 0.3) is 0 Å². The highest BCUT2D eigenvalue weighted by Crippen LogP contribution is 2.25. The topological polar surface area (TPSA) is 38.8 Å². The summed E-state index contributed by atoms with van der Waals surface area (Å²) >= 11 is 0. The molecular formula is C17H27NO3. The largest absolute Gasteiger partial charge is 0.497 e. The lowest BCUT2D eigenvalue weighted by molar-refractivity contribution is 0.0597. The first-order valence-corrected chi connectivity index (χ1v) is 7.54. The van der Waals surface area contributed by atoms with Crippen molar-refractivity contribution in [3.8, 4) is 11.5 Å². The van der Waals surface area contributed by atoms with Gasteiger partial charge in [0.25, 0.3) is 5.91 Å². The predicted octanol–water partition coefficient (Wildman–Crippen LogP) is 3.74. The van der Waals surface area contributed by atoms with E-state index in [0.29, 0.717) is 17.1 Å². The Morgan fingerprint density at radius 3 is 1.76 bits per heavy atom. The molecule has 2 atom stereocenters. The molecule has 0 saturated carbocycles. The first-order valence-electron chi connectivity index (χ1n) is 7.54. The van der Waals surface area contributed by atoms with E-state index in [4.69, 9.17) is 9.47 Å².